The van der Waals surface area contributed by atoms with Gasteiger partial charge in [-0.05, 0) is 38.3 Å². The molecule has 0 unspecified atom stereocenters. The number of sulfonamides is 1. The minimum absolute atomic E-state index is 0.0847. The molecule has 1 aromatic heterocycles. The first-order valence-electron chi connectivity index (χ1n) is 8.15. The van der Waals surface area contributed by atoms with Crippen LogP contribution in [0.4, 0.5) is 5.13 Å². The summed E-state index contributed by atoms with van der Waals surface area (Å²) in [5.74, 6) is -0.270. The number of nitrogens with zero attached hydrogens (tertiary/aromatic N) is 2. The number of rotatable bonds is 4. The average Bonchev–Trinajstić information content (AvgIpc) is 3.07. The lowest BCUT2D eigenvalue weighted by Gasteiger charge is -2.30. The van der Waals surface area contributed by atoms with Gasteiger partial charge in [-0.25, -0.2) is 13.4 Å². The number of hydrogen-bond donors (Lipinski definition) is 1. The van der Waals surface area contributed by atoms with Crippen LogP contribution in [0.25, 0.3) is 0 Å². The zero-order valence-corrected chi connectivity index (χ0v) is 15.9. The van der Waals surface area contributed by atoms with Crippen molar-refractivity contribution < 1.29 is 13.2 Å². The second-order valence-corrected chi connectivity index (χ2v) is 9.07. The highest BCUT2D eigenvalue weighted by molar-refractivity contribution is 7.89. The van der Waals surface area contributed by atoms with Crippen LogP contribution >= 0.6 is 11.3 Å². The summed E-state index contributed by atoms with van der Waals surface area (Å²) >= 11 is 1.37. The molecule has 1 fully saturated rings. The van der Waals surface area contributed by atoms with Crippen LogP contribution in [0.15, 0.2) is 34.7 Å². The van der Waals surface area contributed by atoms with Gasteiger partial charge in [0.2, 0.25) is 15.9 Å². The number of aromatic nitrogens is 1. The van der Waals surface area contributed by atoms with Gasteiger partial charge in [0.15, 0.2) is 5.13 Å². The highest BCUT2D eigenvalue weighted by atomic mass is 32.2. The van der Waals surface area contributed by atoms with E-state index >= 15 is 0 Å². The third-order valence-electron chi connectivity index (χ3n) is 4.44. The predicted molar refractivity (Wildman–Crippen MR) is 98.1 cm³/mol. The molecule has 0 saturated carbocycles. The van der Waals surface area contributed by atoms with E-state index in [2.05, 4.69) is 10.3 Å². The van der Waals surface area contributed by atoms with E-state index in [1.54, 1.807) is 17.6 Å². The Hall–Kier alpha value is -1.77. The summed E-state index contributed by atoms with van der Waals surface area (Å²) in [6.45, 7) is 4.46. The Kier molecular flexibility index (Phi) is 5.21. The lowest BCUT2D eigenvalue weighted by atomic mass is 9.97. The van der Waals surface area contributed by atoms with Crippen LogP contribution in [-0.4, -0.2) is 36.7 Å². The minimum Gasteiger partial charge on any atom is -0.302 e. The summed E-state index contributed by atoms with van der Waals surface area (Å²) in [7, 11) is -3.52. The van der Waals surface area contributed by atoms with Crippen molar-refractivity contribution >= 4 is 32.4 Å². The van der Waals surface area contributed by atoms with Crippen molar-refractivity contribution in [2.75, 3.05) is 18.4 Å². The van der Waals surface area contributed by atoms with Gasteiger partial charge in [-0.15, -0.1) is 11.3 Å². The first-order valence-corrected chi connectivity index (χ1v) is 10.5. The van der Waals surface area contributed by atoms with E-state index in [4.69, 9.17) is 0 Å². The first-order chi connectivity index (χ1) is 11.9. The Morgan fingerprint density at radius 2 is 2.00 bits per heavy atom. The third-order valence-corrected chi connectivity index (χ3v) is 7.18. The molecule has 1 saturated heterocycles. The van der Waals surface area contributed by atoms with E-state index in [0.717, 1.165) is 11.1 Å². The molecule has 1 amide bonds. The Balaban J connectivity index is 1.66. The van der Waals surface area contributed by atoms with Gasteiger partial charge in [-0.1, -0.05) is 17.7 Å². The van der Waals surface area contributed by atoms with Crippen LogP contribution in [0.5, 0.6) is 0 Å². The number of carbonyl (C=O) groups is 1. The number of hydrogen-bond acceptors (Lipinski definition) is 5. The van der Waals surface area contributed by atoms with Crippen molar-refractivity contribution in [1.82, 2.24) is 9.29 Å². The maximum atomic E-state index is 12.9. The van der Waals surface area contributed by atoms with Gasteiger partial charge in [0, 0.05) is 30.6 Å². The van der Waals surface area contributed by atoms with Crippen molar-refractivity contribution in [2.45, 2.75) is 31.6 Å². The lowest BCUT2D eigenvalue weighted by Crippen LogP contribution is -2.41. The van der Waals surface area contributed by atoms with Crippen molar-refractivity contribution in [1.29, 1.82) is 0 Å². The molecule has 8 heteroatoms. The van der Waals surface area contributed by atoms with Crippen molar-refractivity contribution in [3.63, 3.8) is 0 Å². The fourth-order valence-corrected chi connectivity index (χ4v) is 5.29. The first kappa shape index (κ1) is 18.0. The molecule has 0 atom stereocenters. The molecule has 2 aromatic rings. The summed E-state index contributed by atoms with van der Waals surface area (Å²) in [4.78, 5) is 16.7. The largest absolute Gasteiger partial charge is 0.302 e. The number of carbonyl (C=O) groups excluding carboxylic acids is 1. The summed E-state index contributed by atoms with van der Waals surface area (Å²) < 4.78 is 27.2. The fraction of sp³-hybridized carbons (Fsp3) is 0.412. The van der Waals surface area contributed by atoms with Gasteiger partial charge in [0.05, 0.1) is 4.90 Å². The SMILES string of the molecule is Cc1ccc(S(=O)(=O)N2CCC(C(=O)Nc3nccs3)CC2)c(C)c1. The molecule has 25 heavy (non-hydrogen) atoms. The van der Waals surface area contributed by atoms with Gasteiger partial charge in [0.25, 0.3) is 0 Å². The Morgan fingerprint density at radius 1 is 1.28 bits per heavy atom. The molecule has 3 rings (SSSR count). The van der Waals surface area contributed by atoms with Crippen molar-refractivity contribution in [3.8, 4) is 0 Å². The van der Waals surface area contributed by atoms with E-state index in [0.29, 0.717) is 36.0 Å². The lowest BCUT2D eigenvalue weighted by molar-refractivity contribution is -0.120. The Labute approximate surface area is 151 Å². The summed E-state index contributed by atoms with van der Waals surface area (Å²) in [6.07, 6.45) is 2.67. The van der Waals surface area contributed by atoms with Gasteiger partial charge in [-0.2, -0.15) is 4.31 Å². The topological polar surface area (TPSA) is 79.4 Å². The monoisotopic (exact) mass is 379 g/mol. The summed E-state index contributed by atoms with van der Waals surface area (Å²) in [6, 6.07) is 5.36. The molecule has 134 valence electrons. The van der Waals surface area contributed by atoms with Crippen molar-refractivity contribution in [2.24, 2.45) is 5.92 Å². The summed E-state index contributed by atoms with van der Waals surface area (Å²) in [5, 5.41) is 5.17. The molecule has 6 nitrogen and oxygen atoms in total. The normalized spacial score (nSPS) is 16.7. The van der Waals surface area contributed by atoms with Crippen LogP contribution in [0.2, 0.25) is 0 Å². The van der Waals surface area contributed by atoms with Gasteiger partial charge in [0.1, 0.15) is 0 Å². The quantitative estimate of drug-likeness (QED) is 0.886. The van der Waals surface area contributed by atoms with E-state index in [1.807, 2.05) is 26.0 Å². The standard InChI is InChI=1S/C17H21N3O3S2/c1-12-3-4-15(13(2)11-12)25(22,23)20-8-5-14(6-9-20)16(21)19-17-18-7-10-24-17/h3-4,7,10-11,14H,5-6,8-9H2,1-2H3,(H,18,19,21). The molecule has 1 aliphatic heterocycles. The number of aryl methyl sites for hydroxylation is 2. The molecule has 1 aliphatic rings. The van der Waals surface area contributed by atoms with Crippen LogP contribution in [0, 0.1) is 19.8 Å². The maximum Gasteiger partial charge on any atom is 0.243 e. The molecule has 0 spiro atoms. The number of anilines is 1. The van der Waals surface area contributed by atoms with E-state index in [-0.39, 0.29) is 11.8 Å². The average molecular weight is 380 g/mol. The van der Waals surface area contributed by atoms with Gasteiger partial charge < -0.3 is 5.32 Å². The zero-order valence-electron chi connectivity index (χ0n) is 14.2. The van der Waals surface area contributed by atoms with E-state index < -0.39 is 10.0 Å². The van der Waals surface area contributed by atoms with Crippen LogP contribution in [0.1, 0.15) is 24.0 Å². The van der Waals surface area contributed by atoms with Crippen molar-refractivity contribution in [3.05, 3.63) is 40.9 Å². The molecular formula is C17H21N3O3S2. The van der Waals surface area contributed by atoms with Crippen LogP contribution in [0.3, 0.4) is 0 Å². The highest BCUT2D eigenvalue weighted by Gasteiger charge is 2.32. The molecule has 1 N–H and O–H groups in total. The number of benzene rings is 1. The highest BCUT2D eigenvalue weighted by Crippen LogP contribution is 2.27. The zero-order chi connectivity index (χ0) is 18.0. The maximum absolute atomic E-state index is 12.9. The second-order valence-electron chi connectivity index (χ2n) is 6.27. The molecule has 0 radical (unpaired) electrons. The number of nitrogens with one attached hydrogen (secondary N) is 1. The van der Waals surface area contributed by atoms with Gasteiger partial charge >= 0.3 is 0 Å². The summed E-state index contributed by atoms with van der Waals surface area (Å²) in [5.41, 5.74) is 1.79. The minimum atomic E-state index is -3.52. The van der Waals surface area contributed by atoms with E-state index in [9.17, 15) is 13.2 Å². The number of piperidine rings is 1. The number of thiazole rings is 1. The predicted octanol–water partition coefficient (Wildman–Crippen LogP) is 2.80. The molecule has 0 bridgehead atoms. The molecule has 0 aliphatic carbocycles. The van der Waals surface area contributed by atoms with Crippen LogP contribution < -0.4 is 5.32 Å². The Bertz CT molecular complexity index is 855. The van der Waals surface area contributed by atoms with E-state index in [1.165, 1.54) is 15.6 Å². The Morgan fingerprint density at radius 3 is 2.60 bits per heavy atom. The van der Waals surface area contributed by atoms with Crippen LogP contribution in [-0.2, 0) is 14.8 Å². The fourth-order valence-electron chi connectivity index (χ4n) is 3.08. The molecule has 1 aromatic carbocycles. The smallest absolute Gasteiger partial charge is 0.243 e. The molecular weight excluding hydrogens is 358 g/mol. The van der Waals surface area contributed by atoms with Gasteiger partial charge in [-0.3, -0.25) is 4.79 Å². The molecule has 2 heterocycles. The third kappa shape index (κ3) is 3.91. The second kappa shape index (κ2) is 7.23. The number of amides is 1.